The van der Waals surface area contributed by atoms with Gasteiger partial charge in [-0.15, -0.1) is 0 Å². The van der Waals surface area contributed by atoms with Gasteiger partial charge in [0.15, 0.2) is 0 Å². The van der Waals surface area contributed by atoms with E-state index in [1.165, 1.54) is 0 Å². The van der Waals surface area contributed by atoms with Gasteiger partial charge in [0.05, 0.1) is 0 Å². The molecular formula is HCeCoKPt. The Labute approximate surface area is 128 Å². The van der Waals surface area contributed by atoms with Crippen LogP contribution in [0.15, 0.2) is 0 Å². The fraction of sp³-hybridized carbons (Fsp3) is 0. The smallest absolute Gasteiger partial charge is 1.00 e. The standard InChI is InChI=1S/Ce.Co.K.Pt.H/q;;+1;;-1. The van der Waals surface area contributed by atoms with E-state index in [4.69, 9.17) is 0 Å². The van der Waals surface area contributed by atoms with Crippen molar-refractivity contribution in [1.29, 1.82) is 0 Å². The SMILES string of the molecule is [Ce].[Co].[H-].[K+].[Pt]. The molecule has 0 saturated carbocycles. The van der Waals surface area contributed by atoms with Gasteiger partial charge in [0, 0.05) is 79.6 Å². The molecule has 0 rings (SSSR count). The van der Waals surface area contributed by atoms with Crippen molar-refractivity contribution < 1.29 is 132 Å². The molecule has 1 radical (unpaired) electrons. The molecule has 0 amide bonds. The van der Waals surface area contributed by atoms with Crippen molar-refractivity contribution in [3.63, 3.8) is 0 Å². The van der Waals surface area contributed by atoms with Crippen LogP contribution in [0.3, 0.4) is 0 Å². The zero-order chi connectivity index (χ0) is 0. The number of hydrogen-bond acceptors (Lipinski definition) is 0. The van der Waals surface area contributed by atoms with E-state index in [2.05, 4.69) is 0 Å². The Hall–Kier alpha value is 4.21. The van der Waals surface area contributed by atoms with Crippen LogP contribution < -0.4 is 51.4 Å². The summed E-state index contributed by atoms with van der Waals surface area (Å²) in [4.78, 5) is 0. The minimum Gasteiger partial charge on any atom is -1.00 e. The van der Waals surface area contributed by atoms with Crippen molar-refractivity contribution in [2.75, 3.05) is 0 Å². The van der Waals surface area contributed by atoms with Gasteiger partial charge in [-0.05, 0) is 0 Å². The summed E-state index contributed by atoms with van der Waals surface area (Å²) >= 11 is 0. The molecule has 0 atom stereocenters. The van der Waals surface area contributed by atoms with E-state index in [0.29, 0.717) is 0 Å². The third-order valence-corrected chi connectivity index (χ3v) is 0. The first kappa shape index (κ1) is 24.1. The van der Waals surface area contributed by atoms with Crippen LogP contribution in [-0.4, -0.2) is 0 Å². The average molecular weight is 434 g/mol. The summed E-state index contributed by atoms with van der Waals surface area (Å²) in [5, 5.41) is 0. The van der Waals surface area contributed by atoms with E-state index >= 15 is 0 Å². The second-order valence-corrected chi connectivity index (χ2v) is 0. The molecule has 0 aliphatic rings. The third-order valence-electron chi connectivity index (χ3n) is 0. The van der Waals surface area contributed by atoms with E-state index in [9.17, 15) is 0 Å². The summed E-state index contributed by atoms with van der Waals surface area (Å²) in [6.45, 7) is 0. The van der Waals surface area contributed by atoms with Gasteiger partial charge in [-0.2, -0.15) is 0 Å². The van der Waals surface area contributed by atoms with Crippen LogP contribution in [0.5, 0.6) is 0 Å². The maximum absolute atomic E-state index is 0. The molecule has 0 aromatic carbocycles. The summed E-state index contributed by atoms with van der Waals surface area (Å²) in [6.07, 6.45) is 0. The minimum atomic E-state index is 0. The van der Waals surface area contributed by atoms with E-state index in [1.807, 2.05) is 0 Å². The van der Waals surface area contributed by atoms with Crippen molar-refractivity contribution >= 4 is 0 Å². The number of hydrogen-bond donors (Lipinski definition) is 0. The molecule has 25 valence electrons. The predicted octanol–water partition coefficient (Wildman–Crippen LogP) is -2.89. The third kappa shape index (κ3) is 9.51. The van der Waals surface area contributed by atoms with Crippen molar-refractivity contribution in [1.82, 2.24) is 0 Å². The van der Waals surface area contributed by atoms with Crippen molar-refractivity contribution in [2.24, 2.45) is 0 Å². The molecular weight excluding hydrogens is 433 g/mol. The molecule has 0 bridgehead atoms. The predicted molar refractivity (Wildman–Crippen MR) is 1.11 cm³/mol. The summed E-state index contributed by atoms with van der Waals surface area (Å²) in [7, 11) is 0. The zero-order valence-corrected chi connectivity index (χ0v) is 11.7. The van der Waals surface area contributed by atoms with Crippen molar-refractivity contribution in [3.8, 4) is 0 Å². The Morgan fingerprint density at radius 2 is 1.25 bits per heavy atom. The zero-order valence-electron chi connectivity index (χ0n) is 3.15. The fourth-order valence-corrected chi connectivity index (χ4v) is 0. The molecule has 0 aliphatic heterocycles. The summed E-state index contributed by atoms with van der Waals surface area (Å²) in [6, 6.07) is 0. The average Bonchev–Trinajstić information content (AvgIpc) is 0. The van der Waals surface area contributed by atoms with Crippen LogP contribution in [0.2, 0.25) is 0 Å². The molecule has 0 saturated heterocycles. The van der Waals surface area contributed by atoms with Gasteiger partial charge in [-0.3, -0.25) is 0 Å². The van der Waals surface area contributed by atoms with Gasteiger partial charge in [-0.1, -0.05) is 0 Å². The first-order chi connectivity index (χ1) is 0. The van der Waals surface area contributed by atoms with Gasteiger partial charge in [0.25, 0.3) is 0 Å². The largest absolute Gasteiger partial charge is 1.00 e. The number of rotatable bonds is 0. The van der Waals surface area contributed by atoms with E-state index in [-0.39, 0.29) is 132 Å². The second-order valence-electron chi connectivity index (χ2n) is 0. The quantitative estimate of drug-likeness (QED) is 0.360. The molecule has 0 aromatic heterocycles. The van der Waals surface area contributed by atoms with Crippen LogP contribution in [0.1, 0.15) is 1.43 Å². The van der Waals surface area contributed by atoms with E-state index in [1.54, 1.807) is 0 Å². The van der Waals surface area contributed by atoms with Gasteiger partial charge in [-0.25, -0.2) is 0 Å². The monoisotopic (exact) mass is 434 g/mol. The van der Waals surface area contributed by atoms with Crippen molar-refractivity contribution in [3.05, 3.63) is 0 Å². The maximum atomic E-state index is 0. The molecule has 0 aromatic rings. The van der Waals surface area contributed by atoms with Crippen molar-refractivity contribution in [2.45, 2.75) is 0 Å². The van der Waals surface area contributed by atoms with Gasteiger partial charge in [0.1, 0.15) is 0 Å². The Kier molecular flexibility index (Phi) is 94.5. The molecule has 4 heavy (non-hydrogen) atoms. The molecule has 0 fully saturated rings. The van der Waals surface area contributed by atoms with E-state index < -0.39 is 0 Å². The van der Waals surface area contributed by atoms with Gasteiger partial charge in [0.2, 0.25) is 0 Å². The van der Waals surface area contributed by atoms with Crippen LogP contribution in [0.4, 0.5) is 0 Å². The summed E-state index contributed by atoms with van der Waals surface area (Å²) in [5.41, 5.74) is 0. The Morgan fingerprint density at radius 1 is 1.25 bits per heavy atom. The van der Waals surface area contributed by atoms with Crippen LogP contribution in [0, 0.1) is 41.7 Å². The summed E-state index contributed by atoms with van der Waals surface area (Å²) < 4.78 is 0. The maximum Gasteiger partial charge on any atom is 1.00 e. The fourth-order valence-electron chi connectivity index (χ4n) is 0. The molecule has 0 unspecified atom stereocenters. The Bertz CT molecular complexity index is 11.6. The van der Waals surface area contributed by atoms with Gasteiger partial charge >= 0.3 is 51.4 Å². The minimum absolute atomic E-state index is 0. The normalized spacial score (nSPS) is 0. The van der Waals surface area contributed by atoms with Crippen LogP contribution >= 0.6 is 0 Å². The molecule has 0 aliphatic carbocycles. The van der Waals surface area contributed by atoms with Gasteiger partial charge < -0.3 is 1.43 Å². The molecule has 0 heterocycles. The topological polar surface area (TPSA) is 0 Å². The second kappa shape index (κ2) is 15.7. The first-order valence-corrected chi connectivity index (χ1v) is 0. The van der Waals surface area contributed by atoms with Crippen LogP contribution in [-0.2, 0) is 37.8 Å². The molecule has 0 spiro atoms. The Morgan fingerprint density at radius 3 is 1.25 bits per heavy atom. The molecule has 4 heteroatoms. The van der Waals surface area contributed by atoms with Crippen LogP contribution in [0.25, 0.3) is 0 Å². The molecule has 0 N–H and O–H groups in total. The Balaban J connectivity index is 0. The summed E-state index contributed by atoms with van der Waals surface area (Å²) in [5.74, 6) is 0. The van der Waals surface area contributed by atoms with E-state index in [0.717, 1.165) is 0 Å². The molecule has 0 nitrogen and oxygen atoms in total. The first-order valence-electron chi connectivity index (χ1n) is 0.